The number of benzene rings is 2. The second-order valence-corrected chi connectivity index (χ2v) is 9.21. The number of aldehydes is 1. The average molecular weight is 491 g/mol. The van der Waals surface area contributed by atoms with Crippen molar-refractivity contribution in [3.05, 3.63) is 81.5 Å². The van der Waals surface area contributed by atoms with Crippen molar-refractivity contribution in [2.45, 2.75) is 58.8 Å². The lowest BCUT2D eigenvalue weighted by molar-refractivity contribution is -0.148. The van der Waals surface area contributed by atoms with Gasteiger partial charge in [0.15, 0.2) is 0 Å². The fraction of sp³-hybridized carbons (Fsp3) is 0.385. The van der Waals surface area contributed by atoms with Gasteiger partial charge in [0.25, 0.3) is 0 Å². The first-order valence-electron chi connectivity index (χ1n) is 11.1. The maximum absolute atomic E-state index is 12.8. The van der Waals surface area contributed by atoms with Crippen molar-refractivity contribution in [2.24, 2.45) is 5.92 Å². The van der Waals surface area contributed by atoms with Crippen LogP contribution in [0.25, 0.3) is 0 Å². The summed E-state index contributed by atoms with van der Waals surface area (Å²) in [4.78, 5) is 24.6. The third-order valence-corrected chi connectivity index (χ3v) is 5.46. The van der Waals surface area contributed by atoms with Gasteiger partial charge in [-0.3, -0.25) is 10.1 Å². The lowest BCUT2D eigenvalue weighted by Crippen LogP contribution is -2.46. The van der Waals surface area contributed by atoms with E-state index in [2.05, 4.69) is 10.6 Å². The van der Waals surface area contributed by atoms with Crippen molar-refractivity contribution < 1.29 is 14.3 Å². The van der Waals surface area contributed by atoms with Crippen molar-refractivity contribution in [1.82, 2.24) is 10.6 Å². The molecule has 0 aliphatic carbocycles. The molecule has 0 aliphatic rings. The summed E-state index contributed by atoms with van der Waals surface area (Å²) in [7, 11) is 0. The molecule has 0 saturated carbocycles. The van der Waals surface area contributed by atoms with Gasteiger partial charge in [-0.1, -0.05) is 73.5 Å². The van der Waals surface area contributed by atoms with Crippen LogP contribution in [0.5, 0.6) is 0 Å². The molecule has 0 bridgehead atoms. The zero-order chi connectivity index (χ0) is 24.2. The second kappa shape index (κ2) is 14.0. The van der Waals surface area contributed by atoms with E-state index in [1.54, 1.807) is 6.07 Å². The quantitative estimate of drug-likeness (QED) is 0.278. The van der Waals surface area contributed by atoms with Crippen LogP contribution in [-0.2, 0) is 27.5 Å². The molecule has 0 fully saturated rings. The number of ether oxygens (including phenoxy) is 1. The van der Waals surface area contributed by atoms with Crippen molar-refractivity contribution >= 4 is 35.5 Å². The van der Waals surface area contributed by atoms with E-state index in [0.29, 0.717) is 29.4 Å². The Hall–Kier alpha value is -2.34. The molecule has 0 aromatic heterocycles. The molecule has 2 N–H and O–H groups in total. The van der Waals surface area contributed by atoms with Crippen LogP contribution in [0.2, 0.25) is 10.0 Å². The molecule has 2 aromatic rings. The molecule has 2 aromatic carbocycles. The van der Waals surface area contributed by atoms with Crippen LogP contribution in [0.3, 0.4) is 0 Å². The predicted molar refractivity (Wildman–Crippen MR) is 134 cm³/mol. The number of carbonyl (C=O) groups is 2. The second-order valence-electron chi connectivity index (χ2n) is 8.33. The maximum atomic E-state index is 12.8. The molecule has 0 aliphatic heterocycles. The molecule has 33 heavy (non-hydrogen) atoms. The Morgan fingerprint density at radius 3 is 2.30 bits per heavy atom. The molecule has 0 radical (unpaired) electrons. The Morgan fingerprint density at radius 1 is 1.06 bits per heavy atom. The van der Waals surface area contributed by atoms with E-state index in [4.69, 9.17) is 27.9 Å². The van der Waals surface area contributed by atoms with Crippen molar-refractivity contribution in [1.29, 1.82) is 0 Å². The zero-order valence-corrected chi connectivity index (χ0v) is 20.8. The fourth-order valence-electron chi connectivity index (χ4n) is 3.40. The molecule has 0 amide bonds. The highest BCUT2D eigenvalue weighted by atomic mass is 35.5. The molecule has 0 spiro atoms. The molecule has 178 valence electrons. The lowest BCUT2D eigenvalue weighted by Gasteiger charge is -2.24. The van der Waals surface area contributed by atoms with Gasteiger partial charge in [-0.25, -0.2) is 0 Å². The standard InChI is InChI=1S/C26H32Cl2N2O3/c1-4-23(29-15-20-11-21(27)13-22(28)12-20)14-24(16-31)30-25(10-18(2)3)26(32)33-17-19-8-6-5-7-9-19/h4-9,11-13,16,18,24-25,29-30H,10,14-15,17H2,1-3H3/b23-4-. The van der Waals surface area contributed by atoms with Crippen LogP contribution in [0.15, 0.2) is 60.3 Å². The summed E-state index contributed by atoms with van der Waals surface area (Å²) < 4.78 is 5.52. The molecule has 0 saturated heterocycles. The van der Waals surface area contributed by atoms with Crippen LogP contribution in [0, 0.1) is 5.92 Å². The maximum Gasteiger partial charge on any atom is 0.323 e. The Morgan fingerprint density at radius 2 is 1.73 bits per heavy atom. The molecule has 2 atom stereocenters. The number of rotatable bonds is 13. The molecule has 2 unspecified atom stereocenters. The molecular formula is C26H32Cl2N2O3. The average Bonchev–Trinajstić information content (AvgIpc) is 2.78. The van der Waals surface area contributed by atoms with Crippen LogP contribution in [0.4, 0.5) is 0 Å². The third kappa shape index (κ3) is 9.99. The summed E-state index contributed by atoms with van der Waals surface area (Å²) in [6, 6.07) is 13.8. The number of hydrogen-bond donors (Lipinski definition) is 2. The minimum Gasteiger partial charge on any atom is -0.460 e. The number of allylic oxidation sites excluding steroid dienone is 1. The van der Waals surface area contributed by atoms with E-state index in [0.717, 1.165) is 23.1 Å². The normalized spacial score (nSPS) is 13.5. The Labute approximate surface area is 206 Å². The molecule has 5 nitrogen and oxygen atoms in total. The third-order valence-electron chi connectivity index (χ3n) is 5.03. The molecule has 7 heteroatoms. The number of carbonyl (C=O) groups excluding carboxylic acids is 2. The van der Waals surface area contributed by atoms with Gasteiger partial charge in [0.2, 0.25) is 0 Å². The molecule has 2 rings (SSSR count). The Kier molecular flexibility index (Phi) is 11.4. The minimum atomic E-state index is -0.575. The van der Waals surface area contributed by atoms with Gasteiger partial charge in [0.1, 0.15) is 18.9 Å². The number of esters is 1. The first kappa shape index (κ1) is 26.9. The number of nitrogens with one attached hydrogen (secondary N) is 2. The zero-order valence-electron chi connectivity index (χ0n) is 19.3. The SMILES string of the molecule is C/C=C(/CC(C=O)NC(CC(C)C)C(=O)OCc1ccccc1)NCc1cc(Cl)cc(Cl)c1. The highest BCUT2D eigenvalue weighted by Gasteiger charge is 2.25. The first-order valence-corrected chi connectivity index (χ1v) is 11.8. The van der Waals surface area contributed by atoms with Gasteiger partial charge in [-0.15, -0.1) is 0 Å². The Balaban J connectivity index is 1.97. The van der Waals surface area contributed by atoms with E-state index in [1.807, 2.05) is 69.3 Å². The van der Waals surface area contributed by atoms with Crippen LogP contribution >= 0.6 is 23.2 Å². The van der Waals surface area contributed by atoms with E-state index in [1.165, 1.54) is 0 Å². The van der Waals surface area contributed by atoms with Gasteiger partial charge in [-0.2, -0.15) is 0 Å². The fourth-order valence-corrected chi connectivity index (χ4v) is 3.97. The Bertz CT molecular complexity index is 912. The largest absolute Gasteiger partial charge is 0.460 e. The number of halogens is 2. The van der Waals surface area contributed by atoms with Gasteiger partial charge >= 0.3 is 5.97 Å². The summed E-state index contributed by atoms with van der Waals surface area (Å²) in [6.45, 7) is 6.68. The summed E-state index contributed by atoms with van der Waals surface area (Å²) in [5.74, 6) is -0.103. The minimum absolute atomic E-state index is 0.200. The van der Waals surface area contributed by atoms with E-state index >= 15 is 0 Å². The molecule has 0 heterocycles. The van der Waals surface area contributed by atoms with Crippen molar-refractivity contribution in [3.8, 4) is 0 Å². The van der Waals surface area contributed by atoms with Gasteiger partial charge in [0, 0.05) is 28.7 Å². The van der Waals surface area contributed by atoms with Gasteiger partial charge in [0.05, 0.1) is 6.04 Å². The van der Waals surface area contributed by atoms with Crippen LogP contribution in [-0.4, -0.2) is 24.3 Å². The smallest absolute Gasteiger partial charge is 0.323 e. The van der Waals surface area contributed by atoms with Crippen molar-refractivity contribution in [3.63, 3.8) is 0 Å². The highest BCUT2D eigenvalue weighted by Crippen LogP contribution is 2.19. The van der Waals surface area contributed by atoms with Gasteiger partial charge < -0.3 is 14.8 Å². The highest BCUT2D eigenvalue weighted by molar-refractivity contribution is 6.34. The summed E-state index contributed by atoms with van der Waals surface area (Å²) >= 11 is 12.1. The monoisotopic (exact) mass is 490 g/mol. The topological polar surface area (TPSA) is 67.4 Å². The predicted octanol–water partition coefficient (Wildman–Crippen LogP) is 5.69. The van der Waals surface area contributed by atoms with Crippen LogP contribution < -0.4 is 10.6 Å². The summed E-state index contributed by atoms with van der Waals surface area (Å²) in [6.07, 6.45) is 3.72. The van der Waals surface area contributed by atoms with E-state index in [-0.39, 0.29) is 18.5 Å². The summed E-state index contributed by atoms with van der Waals surface area (Å²) in [5, 5.41) is 7.65. The van der Waals surface area contributed by atoms with Crippen molar-refractivity contribution in [2.75, 3.05) is 0 Å². The first-order chi connectivity index (χ1) is 15.8. The summed E-state index contributed by atoms with van der Waals surface area (Å²) in [5.41, 5.74) is 2.73. The molecular weight excluding hydrogens is 459 g/mol. The number of hydrogen-bond acceptors (Lipinski definition) is 5. The van der Waals surface area contributed by atoms with Gasteiger partial charge in [-0.05, 0) is 48.6 Å². The lowest BCUT2D eigenvalue weighted by atomic mass is 10.0. The van der Waals surface area contributed by atoms with Crippen LogP contribution in [0.1, 0.15) is 44.7 Å². The van der Waals surface area contributed by atoms with E-state index in [9.17, 15) is 9.59 Å². The van der Waals surface area contributed by atoms with E-state index < -0.39 is 12.1 Å².